The number of aliphatic hydroxyl groups is 1. The Kier molecular flexibility index (Phi) is 8.29. The SMILES string of the molecule is CCO.Cc1c(C2(c3cc(Br)c(O)c(Br)c3C)OS(=O)(=O)c3ccccc32)cc(Br)c(O)c1Br. The maximum Gasteiger partial charge on any atom is 0.298 e. The van der Waals surface area contributed by atoms with Crippen LogP contribution in [0.25, 0.3) is 0 Å². The standard InChI is InChI=1S/C21H14Br4O5S.C2H6O/c1-9-12(7-14(22)19(26)17(9)24)21(13-8-15(23)20(27)18(25)10(13)2)11-5-3-4-6-16(11)31(28,29)30-21;1-2-3/h3-8,26-27H,1-2H3;3H,2H2,1H3. The van der Waals surface area contributed by atoms with Gasteiger partial charge in [0.15, 0.2) is 5.60 Å². The first-order valence-corrected chi connectivity index (χ1v) is 14.4. The van der Waals surface area contributed by atoms with Crippen molar-refractivity contribution in [1.82, 2.24) is 0 Å². The molecule has 0 amide bonds. The summed E-state index contributed by atoms with van der Waals surface area (Å²) in [4.78, 5) is 0.0643. The predicted molar refractivity (Wildman–Crippen MR) is 144 cm³/mol. The monoisotopic (exact) mass is 740 g/mol. The molecule has 11 heteroatoms. The second-order valence-electron chi connectivity index (χ2n) is 7.42. The van der Waals surface area contributed by atoms with Crippen LogP contribution in [0.15, 0.2) is 59.2 Å². The highest BCUT2D eigenvalue weighted by atomic mass is 79.9. The van der Waals surface area contributed by atoms with E-state index >= 15 is 0 Å². The van der Waals surface area contributed by atoms with E-state index in [0.29, 0.717) is 45.7 Å². The van der Waals surface area contributed by atoms with Crippen LogP contribution in [-0.2, 0) is 19.9 Å². The van der Waals surface area contributed by atoms with Crippen LogP contribution in [0, 0.1) is 13.8 Å². The number of phenols is 2. The van der Waals surface area contributed by atoms with Gasteiger partial charge in [-0.05, 0) is 125 Å². The summed E-state index contributed by atoms with van der Waals surface area (Å²) < 4.78 is 33.8. The molecule has 1 aliphatic rings. The van der Waals surface area contributed by atoms with Crippen LogP contribution in [0.4, 0.5) is 0 Å². The minimum Gasteiger partial charge on any atom is -0.506 e. The van der Waals surface area contributed by atoms with Crippen molar-refractivity contribution < 1.29 is 27.9 Å². The summed E-state index contributed by atoms with van der Waals surface area (Å²) in [5.74, 6) is -0.00865. The Balaban J connectivity index is 0.00000103. The smallest absolute Gasteiger partial charge is 0.298 e. The lowest BCUT2D eigenvalue weighted by molar-refractivity contribution is 0.178. The maximum atomic E-state index is 13.1. The van der Waals surface area contributed by atoms with Gasteiger partial charge < -0.3 is 15.3 Å². The van der Waals surface area contributed by atoms with E-state index < -0.39 is 15.7 Å². The predicted octanol–water partition coefficient (Wildman–Crippen LogP) is 6.77. The quantitative estimate of drug-likeness (QED) is 0.251. The number of fused-ring (bicyclic) bond motifs is 1. The molecular formula is C23H20Br4O6S. The van der Waals surface area contributed by atoms with E-state index in [1.807, 2.05) is 0 Å². The highest BCUT2D eigenvalue weighted by Crippen LogP contribution is 2.56. The van der Waals surface area contributed by atoms with Crippen molar-refractivity contribution in [3.8, 4) is 11.5 Å². The van der Waals surface area contributed by atoms with Crippen molar-refractivity contribution >= 4 is 73.8 Å². The summed E-state index contributed by atoms with van der Waals surface area (Å²) in [6.45, 7) is 5.47. The molecule has 0 atom stereocenters. The summed E-state index contributed by atoms with van der Waals surface area (Å²) in [6, 6.07) is 9.91. The lowest BCUT2D eigenvalue weighted by Gasteiger charge is -2.33. The van der Waals surface area contributed by atoms with E-state index in [0.717, 1.165) is 0 Å². The minimum absolute atomic E-state index is 0.00433. The number of rotatable bonds is 2. The number of benzene rings is 3. The minimum atomic E-state index is -4.10. The molecule has 0 unspecified atom stereocenters. The third-order valence-corrected chi connectivity index (χ3v) is 9.92. The highest BCUT2D eigenvalue weighted by Gasteiger charge is 2.53. The van der Waals surface area contributed by atoms with Gasteiger partial charge in [0.2, 0.25) is 0 Å². The number of aliphatic hydroxyl groups excluding tert-OH is 1. The van der Waals surface area contributed by atoms with E-state index in [4.69, 9.17) is 9.29 Å². The molecule has 0 aliphatic carbocycles. The molecule has 0 radical (unpaired) electrons. The number of hydrogen-bond acceptors (Lipinski definition) is 6. The average molecular weight is 744 g/mol. The van der Waals surface area contributed by atoms with Gasteiger partial charge in [-0.25, -0.2) is 4.18 Å². The van der Waals surface area contributed by atoms with Gasteiger partial charge in [0.1, 0.15) is 16.4 Å². The molecule has 0 aromatic heterocycles. The van der Waals surface area contributed by atoms with E-state index in [9.17, 15) is 18.6 Å². The Labute approximate surface area is 231 Å². The molecule has 0 saturated heterocycles. The van der Waals surface area contributed by atoms with Crippen LogP contribution in [0.3, 0.4) is 0 Å². The Bertz CT molecular complexity index is 1330. The Morgan fingerprint density at radius 1 is 0.853 bits per heavy atom. The first kappa shape index (κ1) is 27.6. The lowest BCUT2D eigenvalue weighted by atomic mass is 9.77. The van der Waals surface area contributed by atoms with Crippen molar-refractivity contribution in [1.29, 1.82) is 0 Å². The Morgan fingerprint density at radius 2 is 1.26 bits per heavy atom. The largest absolute Gasteiger partial charge is 0.506 e. The van der Waals surface area contributed by atoms with Crippen LogP contribution in [0.2, 0.25) is 0 Å². The molecule has 1 aliphatic heterocycles. The molecular weight excluding hydrogens is 724 g/mol. The van der Waals surface area contributed by atoms with Crippen LogP contribution in [0.1, 0.15) is 34.7 Å². The summed E-state index contributed by atoms with van der Waals surface area (Å²) in [6.07, 6.45) is 0. The third kappa shape index (κ3) is 4.38. The van der Waals surface area contributed by atoms with Crippen molar-refractivity contribution in [3.63, 3.8) is 0 Å². The topological polar surface area (TPSA) is 104 Å². The number of phenolic OH excluding ortho intramolecular Hbond substituents is 2. The molecule has 0 bridgehead atoms. The van der Waals surface area contributed by atoms with E-state index in [2.05, 4.69) is 63.7 Å². The highest BCUT2D eigenvalue weighted by molar-refractivity contribution is 9.11. The van der Waals surface area contributed by atoms with Crippen LogP contribution in [-0.4, -0.2) is 30.3 Å². The first-order chi connectivity index (χ1) is 15.8. The van der Waals surface area contributed by atoms with E-state index in [1.165, 1.54) is 6.07 Å². The van der Waals surface area contributed by atoms with Crippen LogP contribution < -0.4 is 0 Å². The van der Waals surface area contributed by atoms with Crippen LogP contribution in [0.5, 0.6) is 11.5 Å². The molecule has 3 aromatic rings. The molecule has 34 heavy (non-hydrogen) atoms. The lowest BCUT2D eigenvalue weighted by Crippen LogP contribution is -2.32. The van der Waals surface area contributed by atoms with Gasteiger partial charge in [-0.1, -0.05) is 18.2 Å². The molecule has 3 aromatic carbocycles. The zero-order chi connectivity index (χ0) is 25.6. The normalized spacial score (nSPS) is 15.4. The molecule has 0 fully saturated rings. The van der Waals surface area contributed by atoms with Crippen molar-refractivity contribution in [2.45, 2.75) is 31.3 Å². The Morgan fingerprint density at radius 3 is 1.71 bits per heavy atom. The average Bonchev–Trinajstić information content (AvgIpc) is 3.04. The molecule has 3 N–H and O–H groups in total. The van der Waals surface area contributed by atoms with Gasteiger partial charge in [0.25, 0.3) is 10.1 Å². The maximum absolute atomic E-state index is 13.1. The van der Waals surface area contributed by atoms with E-state index in [1.54, 1.807) is 51.1 Å². The van der Waals surface area contributed by atoms with Crippen molar-refractivity contribution in [2.24, 2.45) is 0 Å². The molecule has 0 saturated carbocycles. The first-order valence-electron chi connectivity index (χ1n) is 9.87. The van der Waals surface area contributed by atoms with Gasteiger partial charge in [0.05, 0.1) is 17.9 Å². The summed E-state index contributed by atoms with van der Waals surface area (Å²) in [7, 11) is -4.10. The van der Waals surface area contributed by atoms with Gasteiger partial charge in [-0.15, -0.1) is 0 Å². The number of aromatic hydroxyl groups is 2. The van der Waals surface area contributed by atoms with E-state index in [-0.39, 0.29) is 23.0 Å². The van der Waals surface area contributed by atoms with Gasteiger partial charge in [-0.2, -0.15) is 8.42 Å². The fraction of sp³-hybridized carbons (Fsp3) is 0.217. The van der Waals surface area contributed by atoms with Gasteiger partial charge >= 0.3 is 0 Å². The summed E-state index contributed by atoms with van der Waals surface area (Å²) in [5.41, 5.74) is 1.13. The molecule has 1 heterocycles. The molecule has 4 rings (SSSR count). The second-order valence-corrected chi connectivity index (χ2v) is 12.2. The fourth-order valence-corrected chi connectivity index (χ4v) is 7.55. The zero-order valence-electron chi connectivity index (χ0n) is 18.2. The van der Waals surface area contributed by atoms with Gasteiger partial charge in [-0.3, -0.25) is 0 Å². The molecule has 182 valence electrons. The zero-order valence-corrected chi connectivity index (χ0v) is 25.3. The van der Waals surface area contributed by atoms with Crippen molar-refractivity contribution in [2.75, 3.05) is 6.61 Å². The third-order valence-electron chi connectivity index (χ3n) is 5.41. The molecule has 6 nitrogen and oxygen atoms in total. The van der Waals surface area contributed by atoms with Crippen molar-refractivity contribution in [3.05, 3.63) is 82.1 Å². The van der Waals surface area contributed by atoms with Gasteiger partial charge in [0, 0.05) is 12.2 Å². The Hall–Kier alpha value is -0.950. The molecule has 0 spiro atoms. The number of halogens is 4. The number of hydrogen-bond donors (Lipinski definition) is 3. The summed E-state index contributed by atoms with van der Waals surface area (Å²) in [5, 5.41) is 28.3. The summed E-state index contributed by atoms with van der Waals surface area (Å²) >= 11 is 13.5. The second kappa shape index (κ2) is 10.2. The fourth-order valence-electron chi connectivity index (χ4n) is 3.89. The van der Waals surface area contributed by atoms with Crippen LogP contribution >= 0.6 is 63.7 Å².